The van der Waals surface area contributed by atoms with E-state index in [4.69, 9.17) is 9.79 Å². The predicted octanol–water partition coefficient (Wildman–Crippen LogP) is 1.45. The van der Waals surface area contributed by atoms with Crippen LogP contribution in [0.15, 0.2) is 12.2 Å². The van der Waals surface area contributed by atoms with Crippen molar-refractivity contribution < 1.29 is 18.9 Å². The van der Waals surface area contributed by atoms with Crippen LogP contribution in [0.1, 0.15) is 19.8 Å². The van der Waals surface area contributed by atoms with Crippen LogP contribution in [0, 0.1) is 0 Å². The predicted molar refractivity (Wildman–Crippen MR) is 42.0 cm³/mol. The topological polar surface area (TPSA) is 66.8 Å². The molecule has 0 aliphatic heterocycles. The first kappa shape index (κ1) is 10.8. The molecule has 0 aliphatic rings. The third kappa shape index (κ3) is 9.85. The summed E-state index contributed by atoms with van der Waals surface area (Å²) in [6.07, 6.45) is 5.23. The zero-order valence-electron chi connectivity index (χ0n) is 6.43. The molecule has 0 atom stereocenters. The molecule has 11 heavy (non-hydrogen) atoms. The molecule has 0 fully saturated rings. The first-order chi connectivity index (χ1) is 5.06. The summed E-state index contributed by atoms with van der Waals surface area (Å²) in [4.78, 5) is 16.5. The first-order valence-corrected chi connectivity index (χ1v) is 4.90. The Morgan fingerprint density at radius 3 is 2.64 bits per heavy atom. The van der Waals surface area contributed by atoms with Gasteiger partial charge in [-0.25, -0.2) is 4.57 Å². The van der Waals surface area contributed by atoms with E-state index in [1.807, 2.05) is 19.1 Å². The molecule has 2 N–H and O–H groups in total. The number of hydrogen-bond donors (Lipinski definition) is 2. The lowest BCUT2D eigenvalue weighted by atomic mass is 10.3. The van der Waals surface area contributed by atoms with Crippen molar-refractivity contribution in [3.8, 4) is 0 Å². The number of unbranched alkanes of at least 4 members (excludes halogenated alkanes) is 1. The van der Waals surface area contributed by atoms with Crippen molar-refractivity contribution >= 4 is 7.82 Å². The highest BCUT2D eigenvalue weighted by atomic mass is 31.2. The van der Waals surface area contributed by atoms with Crippen LogP contribution < -0.4 is 0 Å². The number of phosphoric acid groups is 1. The second-order valence-corrected chi connectivity index (χ2v) is 3.27. The molecule has 0 saturated carbocycles. The summed E-state index contributed by atoms with van der Waals surface area (Å²) in [5.74, 6) is 0. The van der Waals surface area contributed by atoms with Crippen molar-refractivity contribution in [3.05, 3.63) is 12.2 Å². The highest BCUT2D eigenvalue weighted by Crippen LogP contribution is 2.35. The fourth-order valence-electron chi connectivity index (χ4n) is 0.551. The summed E-state index contributed by atoms with van der Waals surface area (Å²) in [7, 11) is -4.24. The number of hydrogen-bond acceptors (Lipinski definition) is 2. The Labute approximate surface area is 66.1 Å². The van der Waals surface area contributed by atoms with Crippen molar-refractivity contribution in [3.63, 3.8) is 0 Å². The standard InChI is InChI=1S/C6H13O4P/c1-2-3-4-5-6-10-11(7,8)9/h2-3H,4-6H2,1H3,(H2,7,8,9). The smallest absolute Gasteiger partial charge is 0.303 e. The lowest BCUT2D eigenvalue weighted by Crippen LogP contribution is -1.90. The van der Waals surface area contributed by atoms with Crippen molar-refractivity contribution in [1.82, 2.24) is 0 Å². The minimum absolute atomic E-state index is 0.106. The number of phosphoric ester groups is 1. The molecule has 4 nitrogen and oxygen atoms in total. The van der Waals surface area contributed by atoms with Crippen LogP contribution in [-0.4, -0.2) is 16.4 Å². The summed E-state index contributed by atoms with van der Waals surface area (Å²) in [6, 6.07) is 0. The van der Waals surface area contributed by atoms with Gasteiger partial charge in [0.25, 0.3) is 0 Å². The van der Waals surface area contributed by atoms with Gasteiger partial charge in [-0.1, -0.05) is 12.2 Å². The Bertz CT molecular complexity index is 160. The van der Waals surface area contributed by atoms with E-state index >= 15 is 0 Å². The van der Waals surface area contributed by atoms with Crippen molar-refractivity contribution in [2.75, 3.05) is 6.61 Å². The van der Waals surface area contributed by atoms with Crippen LogP contribution in [0.25, 0.3) is 0 Å². The lowest BCUT2D eigenvalue weighted by Gasteiger charge is -2.02. The SMILES string of the molecule is CC=CCCCOP(=O)(O)O. The molecule has 0 heterocycles. The van der Waals surface area contributed by atoms with E-state index < -0.39 is 7.82 Å². The number of rotatable bonds is 5. The van der Waals surface area contributed by atoms with E-state index in [9.17, 15) is 4.57 Å². The molecule has 0 radical (unpaired) electrons. The third-order valence-corrected chi connectivity index (χ3v) is 1.53. The maximum absolute atomic E-state index is 10.1. The van der Waals surface area contributed by atoms with Crippen LogP contribution in [-0.2, 0) is 9.09 Å². The second kappa shape index (κ2) is 5.49. The molecule has 0 saturated heterocycles. The minimum atomic E-state index is -4.24. The Hall–Kier alpha value is -0.150. The summed E-state index contributed by atoms with van der Waals surface area (Å²) < 4.78 is 14.3. The molecule has 0 unspecified atom stereocenters. The van der Waals surface area contributed by atoms with Crippen LogP contribution in [0.4, 0.5) is 0 Å². The average molecular weight is 180 g/mol. The van der Waals surface area contributed by atoms with Gasteiger partial charge >= 0.3 is 7.82 Å². The molecule has 0 aliphatic carbocycles. The van der Waals surface area contributed by atoms with Gasteiger partial charge in [0.05, 0.1) is 6.61 Å². The maximum atomic E-state index is 10.1. The van der Waals surface area contributed by atoms with E-state index in [0.29, 0.717) is 6.42 Å². The zero-order valence-corrected chi connectivity index (χ0v) is 7.33. The summed E-state index contributed by atoms with van der Waals surface area (Å²) >= 11 is 0. The van der Waals surface area contributed by atoms with Gasteiger partial charge < -0.3 is 9.79 Å². The normalized spacial score (nSPS) is 12.6. The van der Waals surface area contributed by atoms with Gasteiger partial charge in [-0.3, -0.25) is 4.52 Å². The third-order valence-electron chi connectivity index (χ3n) is 1.01. The van der Waals surface area contributed by atoms with Gasteiger partial charge in [-0.2, -0.15) is 0 Å². The quantitative estimate of drug-likeness (QED) is 0.381. The molecule has 66 valence electrons. The fourth-order valence-corrected chi connectivity index (χ4v) is 0.918. The van der Waals surface area contributed by atoms with Gasteiger partial charge in [0.1, 0.15) is 0 Å². The van der Waals surface area contributed by atoms with E-state index in [1.165, 1.54) is 0 Å². The van der Waals surface area contributed by atoms with Gasteiger partial charge in [0.15, 0.2) is 0 Å². The number of allylic oxidation sites excluding steroid dienone is 2. The largest absolute Gasteiger partial charge is 0.469 e. The monoisotopic (exact) mass is 180 g/mol. The van der Waals surface area contributed by atoms with Gasteiger partial charge in [0.2, 0.25) is 0 Å². The average Bonchev–Trinajstić information content (AvgIpc) is 1.85. The molecule has 0 bridgehead atoms. The summed E-state index contributed by atoms with van der Waals surface area (Å²) in [5.41, 5.74) is 0. The molecular formula is C6H13O4P. The van der Waals surface area contributed by atoms with E-state index in [2.05, 4.69) is 4.52 Å². The summed E-state index contributed by atoms with van der Waals surface area (Å²) in [6.45, 7) is 2.00. The minimum Gasteiger partial charge on any atom is -0.303 e. The molecule has 0 spiro atoms. The van der Waals surface area contributed by atoms with Gasteiger partial charge in [-0.05, 0) is 19.8 Å². The molecule has 0 aromatic heterocycles. The van der Waals surface area contributed by atoms with Crippen LogP contribution in [0.3, 0.4) is 0 Å². The van der Waals surface area contributed by atoms with Crippen molar-refractivity contribution in [2.24, 2.45) is 0 Å². The molecule has 0 rings (SSSR count). The Morgan fingerprint density at radius 2 is 2.18 bits per heavy atom. The molecule has 0 amide bonds. The highest BCUT2D eigenvalue weighted by molar-refractivity contribution is 7.46. The zero-order chi connectivity index (χ0) is 8.74. The van der Waals surface area contributed by atoms with Gasteiger partial charge in [-0.15, -0.1) is 0 Å². The fraction of sp³-hybridized carbons (Fsp3) is 0.667. The highest BCUT2D eigenvalue weighted by Gasteiger charge is 2.11. The van der Waals surface area contributed by atoms with Crippen molar-refractivity contribution in [1.29, 1.82) is 0 Å². The van der Waals surface area contributed by atoms with E-state index in [0.717, 1.165) is 6.42 Å². The second-order valence-electron chi connectivity index (χ2n) is 2.04. The van der Waals surface area contributed by atoms with E-state index in [1.54, 1.807) is 0 Å². The van der Waals surface area contributed by atoms with E-state index in [-0.39, 0.29) is 6.61 Å². The first-order valence-electron chi connectivity index (χ1n) is 3.37. The Kier molecular flexibility index (Phi) is 5.42. The van der Waals surface area contributed by atoms with Crippen molar-refractivity contribution in [2.45, 2.75) is 19.8 Å². The molecule has 0 aromatic carbocycles. The molecule has 0 aromatic rings. The Morgan fingerprint density at radius 1 is 1.55 bits per heavy atom. The lowest BCUT2D eigenvalue weighted by molar-refractivity contribution is 0.195. The molecular weight excluding hydrogens is 167 g/mol. The van der Waals surface area contributed by atoms with Crippen LogP contribution in [0.2, 0.25) is 0 Å². The van der Waals surface area contributed by atoms with Crippen LogP contribution in [0.5, 0.6) is 0 Å². The summed E-state index contributed by atoms with van der Waals surface area (Å²) in [5, 5.41) is 0. The van der Waals surface area contributed by atoms with Crippen LogP contribution >= 0.6 is 7.82 Å². The molecule has 5 heteroatoms. The maximum Gasteiger partial charge on any atom is 0.469 e. The Balaban J connectivity index is 3.22. The van der Waals surface area contributed by atoms with Gasteiger partial charge in [0, 0.05) is 0 Å².